The smallest absolute Gasteiger partial charge is 0.329 e. The summed E-state index contributed by atoms with van der Waals surface area (Å²) in [5, 5.41) is 2.41. The maximum Gasteiger partial charge on any atom is 0.337 e. The molecule has 6 heteroatoms. The summed E-state index contributed by atoms with van der Waals surface area (Å²) >= 11 is 1.52. The van der Waals surface area contributed by atoms with Crippen LogP contribution < -0.4 is 0 Å². The zero-order chi connectivity index (χ0) is 15.0. The average molecular weight is 301 g/mol. The highest BCUT2D eigenvalue weighted by Crippen LogP contribution is 2.23. The van der Waals surface area contributed by atoms with Gasteiger partial charge in [-0.3, -0.25) is 9.59 Å². The van der Waals surface area contributed by atoms with Crippen LogP contribution in [0.25, 0.3) is 0 Å². The van der Waals surface area contributed by atoms with Crippen LogP contribution in [-0.4, -0.2) is 22.8 Å². The number of carbonyl (C=O) groups is 3. The van der Waals surface area contributed by atoms with Crippen molar-refractivity contribution in [1.29, 1.82) is 0 Å². The first-order valence-electron chi connectivity index (χ1n) is 6.29. The van der Waals surface area contributed by atoms with Crippen molar-refractivity contribution in [3.05, 3.63) is 57.3 Å². The van der Waals surface area contributed by atoms with E-state index >= 15 is 0 Å². The van der Waals surface area contributed by atoms with Crippen molar-refractivity contribution in [3.63, 3.8) is 0 Å². The van der Waals surface area contributed by atoms with E-state index in [2.05, 4.69) is 0 Å². The van der Waals surface area contributed by atoms with E-state index in [4.69, 9.17) is 4.84 Å². The quantitative estimate of drug-likeness (QED) is 0.816. The zero-order valence-electron chi connectivity index (χ0n) is 11.2. The summed E-state index contributed by atoms with van der Waals surface area (Å²) in [5.41, 5.74) is 1.34. The first kappa shape index (κ1) is 13.5. The molecule has 2 aromatic rings. The van der Waals surface area contributed by atoms with Gasteiger partial charge in [-0.25, -0.2) is 4.79 Å². The molecule has 0 atom stereocenters. The largest absolute Gasteiger partial charge is 0.337 e. The maximum atomic E-state index is 12.0. The third kappa shape index (κ3) is 2.34. The monoisotopic (exact) mass is 301 g/mol. The number of rotatable bonds is 3. The van der Waals surface area contributed by atoms with Gasteiger partial charge >= 0.3 is 5.97 Å². The lowest BCUT2D eigenvalue weighted by molar-refractivity contribution is -0.167. The van der Waals surface area contributed by atoms with E-state index in [0.29, 0.717) is 5.06 Å². The minimum Gasteiger partial charge on any atom is -0.329 e. The Hall–Kier alpha value is -2.47. The summed E-state index contributed by atoms with van der Waals surface area (Å²) < 4.78 is 0. The van der Waals surface area contributed by atoms with Crippen LogP contribution in [0, 0.1) is 6.92 Å². The van der Waals surface area contributed by atoms with Gasteiger partial charge < -0.3 is 4.84 Å². The highest BCUT2D eigenvalue weighted by atomic mass is 32.1. The molecule has 2 amide bonds. The molecule has 0 spiro atoms. The Kier molecular flexibility index (Phi) is 3.31. The minimum absolute atomic E-state index is 0.0305. The Morgan fingerprint density at radius 1 is 1.14 bits per heavy atom. The van der Waals surface area contributed by atoms with Crippen LogP contribution in [-0.2, 0) is 16.1 Å². The van der Waals surface area contributed by atoms with Crippen molar-refractivity contribution in [2.75, 3.05) is 0 Å². The Bertz CT molecular complexity index is 715. The van der Waals surface area contributed by atoms with Gasteiger partial charge in [0.15, 0.2) is 0 Å². The number of hydrogen-bond acceptors (Lipinski definition) is 5. The molecule has 1 aliphatic rings. The number of nitrogens with zero attached hydrogens (tertiary/aromatic N) is 1. The topological polar surface area (TPSA) is 63.7 Å². The van der Waals surface area contributed by atoms with Crippen LogP contribution in [0.1, 0.15) is 31.2 Å². The first-order chi connectivity index (χ1) is 10.1. The summed E-state index contributed by atoms with van der Waals surface area (Å²) in [5.74, 6) is -1.84. The summed E-state index contributed by atoms with van der Waals surface area (Å²) in [4.78, 5) is 41.9. The second-order valence-corrected chi connectivity index (χ2v) is 5.71. The fourth-order valence-corrected chi connectivity index (χ4v) is 2.86. The fraction of sp³-hybridized carbons (Fsp3) is 0.133. The van der Waals surface area contributed by atoms with Gasteiger partial charge in [0.05, 0.1) is 17.5 Å². The van der Waals surface area contributed by atoms with Crippen molar-refractivity contribution in [3.8, 4) is 0 Å². The molecule has 0 N–H and O–H groups in total. The van der Waals surface area contributed by atoms with Gasteiger partial charge in [-0.05, 0) is 36.1 Å². The average Bonchev–Trinajstić information content (AvgIpc) is 2.97. The van der Waals surface area contributed by atoms with Crippen LogP contribution in [0.5, 0.6) is 0 Å². The number of amides is 2. The van der Waals surface area contributed by atoms with E-state index in [1.165, 1.54) is 23.5 Å². The molecule has 0 radical (unpaired) electrons. The number of benzene rings is 1. The van der Waals surface area contributed by atoms with Crippen molar-refractivity contribution in [2.24, 2.45) is 0 Å². The Labute approximate surface area is 124 Å². The highest BCUT2D eigenvalue weighted by molar-refractivity contribution is 7.10. The fourth-order valence-electron chi connectivity index (χ4n) is 2.13. The highest BCUT2D eigenvalue weighted by Gasteiger charge is 2.38. The molecule has 0 bridgehead atoms. The van der Waals surface area contributed by atoms with Crippen LogP contribution in [0.4, 0.5) is 0 Å². The Morgan fingerprint density at radius 3 is 2.29 bits per heavy atom. The normalized spacial score (nSPS) is 13.5. The number of aryl methyl sites for hydroxylation is 1. The van der Waals surface area contributed by atoms with Gasteiger partial charge in [-0.2, -0.15) is 0 Å². The predicted octanol–water partition coefficient (Wildman–Crippen LogP) is 2.35. The summed E-state index contributed by atoms with van der Waals surface area (Å²) in [6.07, 6.45) is 0.0305. The SMILES string of the molecule is Cc1sccc1CC(=O)ON1C(=O)c2ccccc2C1=O. The van der Waals surface area contributed by atoms with E-state index < -0.39 is 17.8 Å². The number of hydrogen-bond donors (Lipinski definition) is 0. The molecule has 21 heavy (non-hydrogen) atoms. The zero-order valence-corrected chi connectivity index (χ0v) is 12.0. The van der Waals surface area contributed by atoms with Gasteiger partial charge in [0, 0.05) is 4.88 Å². The molecule has 0 fully saturated rings. The van der Waals surface area contributed by atoms with Crippen molar-refractivity contribution >= 4 is 29.1 Å². The molecule has 0 saturated carbocycles. The third-order valence-electron chi connectivity index (χ3n) is 3.25. The minimum atomic E-state index is -0.633. The van der Waals surface area contributed by atoms with E-state index in [0.717, 1.165) is 10.4 Å². The lowest BCUT2D eigenvalue weighted by Crippen LogP contribution is -2.33. The van der Waals surface area contributed by atoms with Crippen molar-refractivity contribution in [1.82, 2.24) is 5.06 Å². The van der Waals surface area contributed by atoms with Gasteiger partial charge in [0.25, 0.3) is 11.8 Å². The molecule has 0 aliphatic carbocycles. The standard InChI is InChI=1S/C15H11NO4S/c1-9-10(6-7-21-9)8-13(17)20-16-14(18)11-4-2-3-5-12(11)15(16)19/h2-7H,8H2,1H3. The number of carbonyl (C=O) groups excluding carboxylic acids is 3. The summed E-state index contributed by atoms with van der Waals surface area (Å²) in [6.45, 7) is 1.90. The van der Waals surface area contributed by atoms with E-state index in [9.17, 15) is 14.4 Å². The van der Waals surface area contributed by atoms with Gasteiger partial charge in [-0.1, -0.05) is 17.2 Å². The lowest BCUT2D eigenvalue weighted by atomic mass is 10.1. The van der Waals surface area contributed by atoms with Crippen molar-refractivity contribution in [2.45, 2.75) is 13.3 Å². The second-order valence-electron chi connectivity index (χ2n) is 4.59. The van der Waals surface area contributed by atoms with Crippen LogP contribution in [0.2, 0.25) is 0 Å². The predicted molar refractivity (Wildman–Crippen MR) is 75.8 cm³/mol. The molecule has 0 saturated heterocycles. The number of hydroxylamine groups is 2. The van der Waals surface area contributed by atoms with Crippen molar-refractivity contribution < 1.29 is 19.2 Å². The van der Waals surface area contributed by atoms with Gasteiger partial charge in [-0.15, -0.1) is 11.3 Å². The summed E-state index contributed by atoms with van der Waals surface area (Å²) in [7, 11) is 0. The van der Waals surface area contributed by atoms with Gasteiger partial charge in [0.2, 0.25) is 0 Å². The van der Waals surface area contributed by atoms with E-state index in [1.54, 1.807) is 12.1 Å². The Balaban J connectivity index is 1.75. The Morgan fingerprint density at radius 2 is 1.76 bits per heavy atom. The molecule has 5 nitrogen and oxygen atoms in total. The first-order valence-corrected chi connectivity index (χ1v) is 7.17. The van der Waals surface area contributed by atoms with Crippen LogP contribution in [0.3, 0.4) is 0 Å². The summed E-state index contributed by atoms with van der Waals surface area (Å²) in [6, 6.07) is 8.20. The van der Waals surface area contributed by atoms with Gasteiger partial charge in [0.1, 0.15) is 0 Å². The molecular formula is C15H11NO4S. The molecule has 2 heterocycles. The second kappa shape index (κ2) is 5.14. The van der Waals surface area contributed by atoms with E-state index in [-0.39, 0.29) is 17.5 Å². The maximum absolute atomic E-state index is 12.0. The molecule has 1 aromatic heterocycles. The molecule has 106 valence electrons. The molecule has 3 rings (SSSR count). The molecular weight excluding hydrogens is 290 g/mol. The number of fused-ring (bicyclic) bond motifs is 1. The molecule has 1 aliphatic heterocycles. The third-order valence-corrected chi connectivity index (χ3v) is 4.14. The molecule has 1 aromatic carbocycles. The van der Waals surface area contributed by atoms with E-state index in [1.807, 2.05) is 18.4 Å². The lowest BCUT2D eigenvalue weighted by Gasteiger charge is -2.12. The van der Waals surface area contributed by atoms with Crippen LogP contribution in [0.15, 0.2) is 35.7 Å². The van der Waals surface area contributed by atoms with Crippen LogP contribution >= 0.6 is 11.3 Å². The molecule has 0 unspecified atom stereocenters. The number of thiophene rings is 1. The number of imide groups is 1.